The predicted molar refractivity (Wildman–Crippen MR) is 112 cm³/mol. The van der Waals surface area contributed by atoms with Gasteiger partial charge in [-0.05, 0) is 51.0 Å². The van der Waals surface area contributed by atoms with E-state index in [2.05, 4.69) is 5.32 Å². The van der Waals surface area contributed by atoms with Gasteiger partial charge in [0, 0.05) is 11.7 Å². The molecule has 0 aliphatic rings. The van der Waals surface area contributed by atoms with Crippen molar-refractivity contribution in [3.05, 3.63) is 74.4 Å². The molecule has 0 spiro atoms. The number of anilines is 1. The molecule has 1 aromatic heterocycles. The highest BCUT2D eigenvalue weighted by molar-refractivity contribution is 5.92. The highest BCUT2D eigenvalue weighted by atomic mass is 16.2. The van der Waals surface area contributed by atoms with Crippen molar-refractivity contribution in [1.82, 2.24) is 9.13 Å². The van der Waals surface area contributed by atoms with Gasteiger partial charge in [0.2, 0.25) is 5.91 Å². The fraction of sp³-hybridized carbons (Fsp3) is 0.318. The average molecular weight is 379 g/mol. The Balaban J connectivity index is 2.06. The molecule has 1 atom stereocenters. The van der Waals surface area contributed by atoms with Crippen LogP contribution in [0.2, 0.25) is 0 Å². The number of nitrogens with one attached hydrogen (secondary N) is 1. The number of fused-ring (bicyclic) bond motifs is 1. The maximum atomic E-state index is 13.0. The van der Waals surface area contributed by atoms with Crippen LogP contribution < -0.4 is 16.6 Å². The van der Waals surface area contributed by atoms with Crippen LogP contribution in [0.25, 0.3) is 10.9 Å². The summed E-state index contributed by atoms with van der Waals surface area (Å²) < 4.78 is 2.62. The summed E-state index contributed by atoms with van der Waals surface area (Å²) in [5, 5.41) is 3.30. The standard InChI is InChI=1S/C22H25N3O3/c1-5-16(4)25-21(27)17-8-6-7-9-19(17)24(22(25)28)13-20(26)23-18-11-10-14(2)12-15(18)3/h6-12,16H,5,13H2,1-4H3,(H,23,26)/t16-/m1/s1. The van der Waals surface area contributed by atoms with Gasteiger partial charge in [0.1, 0.15) is 6.54 Å². The molecule has 1 heterocycles. The van der Waals surface area contributed by atoms with Crippen molar-refractivity contribution in [2.24, 2.45) is 0 Å². The van der Waals surface area contributed by atoms with Crippen molar-refractivity contribution >= 4 is 22.5 Å². The van der Waals surface area contributed by atoms with Crippen LogP contribution in [-0.4, -0.2) is 15.0 Å². The van der Waals surface area contributed by atoms with Crippen molar-refractivity contribution in [2.75, 3.05) is 5.32 Å². The summed E-state index contributed by atoms with van der Waals surface area (Å²) >= 11 is 0. The molecular weight excluding hydrogens is 354 g/mol. The predicted octanol–water partition coefficient (Wildman–Crippen LogP) is 3.39. The van der Waals surface area contributed by atoms with Crippen molar-refractivity contribution in [3.63, 3.8) is 0 Å². The van der Waals surface area contributed by atoms with Crippen LogP contribution in [0.15, 0.2) is 52.1 Å². The summed E-state index contributed by atoms with van der Waals surface area (Å²) in [6.45, 7) is 7.50. The first-order valence-electron chi connectivity index (χ1n) is 9.44. The van der Waals surface area contributed by atoms with Gasteiger partial charge in [-0.3, -0.25) is 18.7 Å². The second-order valence-corrected chi connectivity index (χ2v) is 7.18. The summed E-state index contributed by atoms with van der Waals surface area (Å²) in [4.78, 5) is 38.5. The van der Waals surface area contributed by atoms with Crippen molar-refractivity contribution in [3.8, 4) is 0 Å². The molecule has 0 bridgehead atoms. The van der Waals surface area contributed by atoms with E-state index in [9.17, 15) is 14.4 Å². The molecule has 3 rings (SSSR count). The van der Waals surface area contributed by atoms with E-state index in [1.165, 1.54) is 9.13 Å². The Kier molecular flexibility index (Phi) is 5.49. The van der Waals surface area contributed by atoms with Crippen molar-refractivity contribution in [2.45, 2.75) is 46.7 Å². The first-order chi connectivity index (χ1) is 13.3. The zero-order chi connectivity index (χ0) is 20.4. The van der Waals surface area contributed by atoms with Crippen LogP contribution in [-0.2, 0) is 11.3 Å². The van der Waals surface area contributed by atoms with Gasteiger partial charge in [0.05, 0.1) is 10.9 Å². The first-order valence-corrected chi connectivity index (χ1v) is 9.44. The lowest BCUT2D eigenvalue weighted by atomic mass is 10.1. The van der Waals surface area contributed by atoms with E-state index in [1.807, 2.05) is 45.9 Å². The van der Waals surface area contributed by atoms with E-state index in [-0.39, 0.29) is 24.1 Å². The molecule has 6 nitrogen and oxygen atoms in total. The van der Waals surface area contributed by atoms with Gasteiger partial charge in [-0.25, -0.2) is 4.79 Å². The number of nitrogens with zero attached hydrogens (tertiary/aromatic N) is 2. The van der Waals surface area contributed by atoms with E-state index in [0.29, 0.717) is 23.0 Å². The summed E-state index contributed by atoms with van der Waals surface area (Å²) in [7, 11) is 0. The number of amides is 1. The van der Waals surface area contributed by atoms with Crippen LogP contribution in [0.5, 0.6) is 0 Å². The molecule has 0 aliphatic heterocycles. The first kappa shape index (κ1) is 19.6. The Hall–Kier alpha value is -3.15. The van der Waals surface area contributed by atoms with Gasteiger partial charge in [-0.1, -0.05) is 36.8 Å². The Bertz CT molecular complexity index is 1160. The van der Waals surface area contributed by atoms with E-state index in [0.717, 1.165) is 11.1 Å². The normalized spacial score (nSPS) is 12.1. The number of carbonyl (C=O) groups is 1. The number of hydrogen-bond donors (Lipinski definition) is 1. The highest BCUT2D eigenvalue weighted by Crippen LogP contribution is 2.16. The maximum absolute atomic E-state index is 13.0. The molecule has 0 saturated heterocycles. The minimum absolute atomic E-state index is 0.163. The number of rotatable bonds is 5. The van der Waals surface area contributed by atoms with E-state index < -0.39 is 5.69 Å². The second kappa shape index (κ2) is 7.84. The molecule has 0 radical (unpaired) electrons. The number of aromatic nitrogens is 2. The van der Waals surface area contributed by atoms with Crippen molar-refractivity contribution < 1.29 is 4.79 Å². The third-order valence-electron chi connectivity index (χ3n) is 5.07. The molecule has 1 amide bonds. The number of hydrogen-bond acceptors (Lipinski definition) is 3. The molecule has 1 N–H and O–H groups in total. The number of para-hydroxylation sites is 1. The van der Waals surface area contributed by atoms with Gasteiger partial charge >= 0.3 is 5.69 Å². The van der Waals surface area contributed by atoms with Crippen LogP contribution in [0, 0.1) is 13.8 Å². The molecule has 2 aromatic carbocycles. The maximum Gasteiger partial charge on any atom is 0.332 e. The third-order valence-corrected chi connectivity index (χ3v) is 5.07. The fourth-order valence-corrected chi connectivity index (χ4v) is 3.35. The van der Waals surface area contributed by atoms with Gasteiger partial charge in [-0.2, -0.15) is 0 Å². The highest BCUT2D eigenvalue weighted by Gasteiger charge is 2.18. The van der Waals surface area contributed by atoms with Crippen LogP contribution in [0.4, 0.5) is 5.69 Å². The lowest BCUT2D eigenvalue weighted by Gasteiger charge is -2.17. The zero-order valence-corrected chi connectivity index (χ0v) is 16.7. The molecule has 0 aliphatic carbocycles. The van der Waals surface area contributed by atoms with Gasteiger partial charge in [-0.15, -0.1) is 0 Å². The van der Waals surface area contributed by atoms with E-state index in [4.69, 9.17) is 0 Å². The minimum atomic E-state index is -0.464. The van der Waals surface area contributed by atoms with Crippen LogP contribution in [0.3, 0.4) is 0 Å². The smallest absolute Gasteiger partial charge is 0.324 e. The summed E-state index contributed by atoms with van der Waals surface area (Å²) in [6.07, 6.45) is 0.641. The lowest BCUT2D eigenvalue weighted by molar-refractivity contribution is -0.116. The number of carbonyl (C=O) groups excluding carboxylic acids is 1. The summed E-state index contributed by atoms with van der Waals surface area (Å²) in [5.41, 5.74) is 2.46. The Morgan fingerprint density at radius 3 is 2.50 bits per heavy atom. The van der Waals surface area contributed by atoms with Crippen LogP contribution >= 0.6 is 0 Å². The second-order valence-electron chi connectivity index (χ2n) is 7.18. The SMILES string of the molecule is CC[C@@H](C)n1c(=O)c2ccccc2n(CC(=O)Nc2ccc(C)cc2C)c1=O. The molecular formula is C22H25N3O3. The largest absolute Gasteiger partial charge is 0.332 e. The molecule has 0 unspecified atom stereocenters. The summed E-state index contributed by atoms with van der Waals surface area (Å²) in [5.74, 6) is -0.312. The number of aryl methyl sites for hydroxylation is 2. The lowest BCUT2D eigenvalue weighted by Crippen LogP contribution is -2.43. The quantitative estimate of drug-likeness (QED) is 0.738. The monoisotopic (exact) mass is 379 g/mol. The van der Waals surface area contributed by atoms with Gasteiger partial charge in [0.15, 0.2) is 0 Å². The Morgan fingerprint density at radius 2 is 1.82 bits per heavy atom. The molecule has 28 heavy (non-hydrogen) atoms. The summed E-state index contributed by atoms with van der Waals surface area (Å²) in [6, 6.07) is 12.4. The number of benzene rings is 2. The van der Waals surface area contributed by atoms with Gasteiger partial charge in [0.25, 0.3) is 5.56 Å². The molecule has 0 saturated carbocycles. The molecule has 3 aromatic rings. The van der Waals surface area contributed by atoms with E-state index in [1.54, 1.807) is 24.3 Å². The van der Waals surface area contributed by atoms with Crippen LogP contribution in [0.1, 0.15) is 37.4 Å². The third kappa shape index (κ3) is 3.63. The minimum Gasteiger partial charge on any atom is -0.324 e. The Labute approximate surface area is 163 Å². The molecule has 6 heteroatoms. The molecule has 0 fully saturated rings. The zero-order valence-electron chi connectivity index (χ0n) is 16.7. The van der Waals surface area contributed by atoms with Crippen molar-refractivity contribution in [1.29, 1.82) is 0 Å². The average Bonchev–Trinajstić information content (AvgIpc) is 2.67. The van der Waals surface area contributed by atoms with Gasteiger partial charge < -0.3 is 5.32 Å². The topological polar surface area (TPSA) is 73.1 Å². The Morgan fingerprint density at radius 1 is 1.11 bits per heavy atom. The molecule has 146 valence electrons. The fourth-order valence-electron chi connectivity index (χ4n) is 3.35. The van der Waals surface area contributed by atoms with E-state index >= 15 is 0 Å².